The summed E-state index contributed by atoms with van der Waals surface area (Å²) in [5.41, 5.74) is 4.78. The van der Waals surface area contributed by atoms with Crippen molar-refractivity contribution in [3.8, 4) is 0 Å². The van der Waals surface area contributed by atoms with Crippen LogP contribution in [-0.2, 0) is 0 Å². The van der Waals surface area contributed by atoms with Crippen LogP contribution in [0.3, 0.4) is 0 Å². The number of nitrogens with zero attached hydrogens (tertiary/aromatic N) is 1. The summed E-state index contributed by atoms with van der Waals surface area (Å²) in [5.74, 6) is -0.680. The van der Waals surface area contributed by atoms with E-state index in [1.54, 1.807) is 24.5 Å². The molecular formula is C10H12N2O3. The third-order valence-corrected chi connectivity index (χ3v) is 2.50. The molecule has 1 aromatic rings. The summed E-state index contributed by atoms with van der Waals surface area (Å²) in [6.07, 6.45) is 0. The van der Waals surface area contributed by atoms with Gasteiger partial charge in [0.25, 0.3) is 0 Å². The number of nitrogens with one attached hydrogen (secondary N) is 1. The molecular weight excluding hydrogens is 196 g/mol. The Morgan fingerprint density at radius 1 is 1.27 bits per heavy atom. The van der Waals surface area contributed by atoms with Crippen LogP contribution < -0.4 is 5.43 Å². The van der Waals surface area contributed by atoms with Crippen molar-refractivity contribution in [2.75, 3.05) is 0 Å². The molecule has 1 aromatic carbocycles. The lowest BCUT2D eigenvalue weighted by Crippen LogP contribution is -2.29. The molecule has 0 atom stereocenters. The van der Waals surface area contributed by atoms with E-state index in [1.165, 1.54) is 0 Å². The lowest BCUT2D eigenvalue weighted by atomic mass is 9.99. The third kappa shape index (κ3) is 2.31. The number of carbonyl (C=O) groups is 1. The van der Waals surface area contributed by atoms with E-state index < -0.39 is 10.9 Å². The zero-order chi connectivity index (χ0) is 11.6. The van der Waals surface area contributed by atoms with Crippen molar-refractivity contribution in [2.24, 2.45) is 0 Å². The fraction of sp³-hybridized carbons (Fsp3) is 0.300. The predicted octanol–water partition coefficient (Wildman–Crippen LogP) is 1.53. The SMILES string of the molecule is Cc1ccc(C(=O)N[N+](=O)[O-])c(C)c1C. The normalized spacial score (nSPS) is 9.80. The Balaban J connectivity index is 3.11. The fourth-order valence-corrected chi connectivity index (χ4v) is 1.35. The van der Waals surface area contributed by atoms with Gasteiger partial charge in [-0.25, -0.2) is 10.1 Å². The smallest absolute Gasteiger partial charge is 0.263 e. The molecule has 0 radical (unpaired) electrons. The average Bonchev–Trinajstić information content (AvgIpc) is 2.13. The fourth-order valence-electron chi connectivity index (χ4n) is 1.35. The van der Waals surface area contributed by atoms with Crippen LogP contribution in [0.2, 0.25) is 0 Å². The molecule has 0 spiro atoms. The highest BCUT2D eigenvalue weighted by Crippen LogP contribution is 2.16. The van der Waals surface area contributed by atoms with Gasteiger partial charge in [0.05, 0.1) is 0 Å². The molecule has 80 valence electrons. The van der Waals surface area contributed by atoms with Crippen LogP contribution >= 0.6 is 0 Å². The van der Waals surface area contributed by atoms with Gasteiger partial charge in [-0.1, -0.05) is 11.5 Å². The van der Waals surface area contributed by atoms with Crippen molar-refractivity contribution in [1.29, 1.82) is 0 Å². The van der Waals surface area contributed by atoms with Crippen molar-refractivity contribution in [3.05, 3.63) is 44.5 Å². The molecule has 15 heavy (non-hydrogen) atoms. The molecule has 5 nitrogen and oxygen atoms in total. The van der Waals surface area contributed by atoms with Crippen LogP contribution in [0.5, 0.6) is 0 Å². The molecule has 0 aliphatic rings. The molecule has 0 saturated heterocycles. The quantitative estimate of drug-likeness (QED) is 0.591. The summed E-state index contributed by atoms with van der Waals surface area (Å²) in [7, 11) is 0. The molecule has 0 heterocycles. The van der Waals surface area contributed by atoms with Crippen LogP contribution in [-0.4, -0.2) is 10.9 Å². The monoisotopic (exact) mass is 208 g/mol. The van der Waals surface area contributed by atoms with E-state index >= 15 is 0 Å². The summed E-state index contributed by atoms with van der Waals surface area (Å²) < 4.78 is 0. The van der Waals surface area contributed by atoms with Crippen molar-refractivity contribution in [3.63, 3.8) is 0 Å². The van der Waals surface area contributed by atoms with E-state index in [4.69, 9.17) is 0 Å². The summed E-state index contributed by atoms with van der Waals surface area (Å²) in [4.78, 5) is 21.5. The van der Waals surface area contributed by atoms with E-state index in [2.05, 4.69) is 0 Å². The van der Waals surface area contributed by atoms with Gasteiger partial charge >= 0.3 is 5.91 Å². The summed E-state index contributed by atoms with van der Waals surface area (Å²) in [6.45, 7) is 5.59. The molecule has 1 N–H and O–H groups in total. The Hall–Kier alpha value is -1.91. The Bertz CT molecular complexity index is 427. The van der Waals surface area contributed by atoms with Crippen molar-refractivity contribution in [2.45, 2.75) is 20.8 Å². The molecule has 0 bridgehead atoms. The minimum atomic E-state index is -0.850. The van der Waals surface area contributed by atoms with Gasteiger partial charge in [-0.2, -0.15) is 0 Å². The Kier molecular flexibility index (Phi) is 3.04. The Labute approximate surface area is 87.2 Å². The molecule has 0 fully saturated rings. The van der Waals surface area contributed by atoms with E-state index in [0.717, 1.165) is 16.7 Å². The zero-order valence-electron chi connectivity index (χ0n) is 8.83. The number of rotatable bonds is 2. The molecule has 1 amide bonds. The number of carbonyl (C=O) groups excluding carboxylic acids is 1. The molecule has 0 aliphatic carbocycles. The van der Waals surface area contributed by atoms with Gasteiger partial charge in [-0.05, 0) is 43.5 Å². The molecule has 0 aromatic heterocycles. The molecule has 0 saturated carbocycles. The van der Waals surface area contributed by atoms with Gasteiger partial charge in [0.2, 0.25) is 0 Å². The maximum absolute atomic E-state index is 11.4. The number of nitro groups is 1. The minimum absolute atomic E-state index is 0.342. The van der Waals surface area contributed by atoms with E-state index in [9.17, 15) is 14.9 Å². The van der Waals surface area contributed by atoms with E-state index in [0.29, 0.717) is 5.56 Å². The maximum Gasteiger partial charge on any atom is 0.311 e. The van der Waals surface area contributed by atoms with Crippen LogP contribution in [0, 0.1) is 30.9 Å². The van der Waals surface area contributed by atoms with Crippen LogP contribution in [0.15, 0.2) is 12.1 Å². The molecule has 0 unspecified atom stereocenters. The van der Waals surface area contributed by atoms with Crippen LogP contribution in [0.1, 0.15) is 27.0 Å². The van der Waals surface area contributed by atoms with E-state index in [1.807, 2.05) is 13.8 Å². The first-order chi connectivity index (χ1) is 6.93. The first-order valence-corrected chi connectivity index (χ1v) is 4.45. The maximum atomic E-state index is 11.4. The lowest BCUT2D eigenvalue weighted by Gasteiger charge is -2.08. The zero-order valence-corrected chi connectivity index (χ0v) is 8.83. The van der Waals surface area contributed by atoms with E-state index in [-0.39, 0.29) is 0 Å². The number of hydrazine groups is 1. The standard InChI is InChI=1S/C10H12N2O3/c1-6-4-5-9(8(3)7(6)2)10(13)11-12(14)15/h4-5H,1-3H3,(H,11,13). The third-order valence-electron chi connectivity index (χ3n) is 2.50. The number of amides is 1. The van der Waals surface area contributed by atoms with Gasteiger partial charge in [0.1, 0.15) is 0 Å². The Morgan fingerprint density at radius 2 is 1.87 bits per heavy atom. The highest BCUT2D eigenvalue weighted by Gasteiger charge is 2.14. The molecule has 1 rings (SSSR count). The van der Waals surface area contributed by atoms with Crippen molar-refractivity contribution < 1.29 is 9.83 Å². The average molecular weight is 208 g/mol. The minimum Gasteiger partial charge on any atom is -0.263 e. The molecule has 5 heteroatoms. The second-order valence-electron chi connectivity index (χ2n) is 3.38. The van der Waals surface area contributed by atoms with Gasteiger partial charge < -0.3 is 0 Å². The number of aryl methyl sites for hydroxylation is 1. The van der Waals surface area contributed by atoms with Gasteiger partial charge in [-0.15, -0.1) is 0 Å². The highest BCUT2D eigenvalue weighted by molar-refractivity contribution is 5.95. The number of hydrogen-bond acceptors (Lipinski definition) is 3. The van der Waals surface area contributed by atoms with Crippen molar-refractivity contribution >= 4 is 5.91 Å². The predicted molar refractivity (Wildman–Crippen MR) is 55.1 cm³/mol. The summed E-state index contributed by atoms with van der Waals surface area (Å²) in [6, 6.07) is 3.37. The molecule has 0 aliphatic heterocycles. The lowest BCUT2D eigenvalue weighted by molar-refractivity contribution is -0.527. The first-order valence-electron chi connectivity index (χ1n) is 4.45. The first kappa shape index (κ1) is 11.2. The van der Waals surface area contributed by atoms with Gasteiger partial charge in [-0.3, -0.25) is 4.79 Å². The van der Waals surface area contributed by atoms with Crippen LogP contribution in [0.25, 0.3) is 0 Å². The Morgan fingerprint density at radius 3 is 2.40 bits per heavy atom. The number of hydrogen-bond donors (Lipinski definition) is 1. The topological polar surface area (TPSA) is 72.2 Å². The summed E-state index contributed by atoms with van der Waals surface area (Å²) in [5, 5.41) is 9.27. The number of benzene rings is 1. The largest absolute Gasteiger partial charge is 0.311 e. The second kappa shape index (κ2) is 4.08. The van der Waals surface area contributed by atoms with Crippen molar-refractivity contribution in [1.82, 2.24) is 5.43 Å². The summed E-state index contributed by atoms with van der Waals surface area (Å²) >= 11 is 0. The van der Waals surface area contributed by atoms with Crippen LogP contribution in [0.4, 0.5) is 0 Å². The van der Waals surface area contributed by atoms with Gasteiger partial charge in [0.15, 0.2) is 5.03 Å². The highest BCUT2D eigenvalue weighted by atomic mass is 16.7. The second-order valence-corrected chi connectivity index (χ2v) is 3.38. The van der Waals surface area contributed by atoms with Gasteiger partial charge in [0, 0.05) is 5.56 Å².